The van der Waals surface area contributed by atoms with Gasteiger partial charge in [-0.1, -0.05) is 150 Å². The third-order valence-electron chi connectivity index (χ3n) is 14.4. The first-order valence-electron chi connectivity index (χ1n) is 24.5. The van der Waals surface area contributed by atoms with Gasteiger partial charge in [0.15, 0.2) is 0 Å². The molecule has 2 aromatic heterocycles. The Morgan fingerprint density at radius 3 is 1.03 bits per heavy atom. The van der Waals surface area contributed by atoms with E-state index in [1.165, 1.54) is 12.1 Å². The molecule has 12 rings (SSSR count). The second kappa shape index (κ2) is 17.4. The molecule has 0 radical (unpaired) electrons. The molecule has 3 nitrogen and oxygen atoms in total. The number of benzene rings is 10. The average Bonchev–Trinajstić information content (AvgIpc) is 3.89. The molecule has 0 bridgehead atoms. The number of aromatic nitrogens is 2. The molecule has 0 saturated heterocycles. The van der Waals surface area contributed by atoms with Crippen molar-refractivity contribution in [2.45, 2.75) is 40.8 Å². The van der Waals surface area contributed by atoms with E-state index < -0.39 is 11.7 Å². The third kappa shape index (κ3) is 8.04. The number of alkyl halides is 3. The van der Waals surface area contributed by atoms with Crippen molar-refractivity contribution in [3.63, 3.8) is 0 Å². The average molecular weight is 952 g/mol. The normalized spacial score (nSPS) is 11.8. The second-order valence-corrected chi connectivity index (χ2v) is 19.7. The van der Waals surface area contributed by atoms with E-state index in [2.05, 4.69) is 213 Å². The number of hydrogen-bond acceptors (Lipinski definition) is 1. The smallest absolute Gasteiger partial charge is 0.309 e. The Kier molecular flexibility index (Phi) is 10.8. The summed E-state index contributed by atoms with van der Waals surface area (Å²) < 4.78 is 49.0. The van der Waals surface area contributed by atoms with E-state index in [4.69, 9.17) is 0 Å². The first-order chi connectivity index (χ1) is 35.3. The predicted octanol–water partition coefficient (Wildman–Crippen LogP) is 18.6. The van der Waals surface area contributed by atoms with Crippen molar-refractivity contribution in [1.82, 2.24) is 9.13 Å². The number of hydrogen-bond donors (Lipinski definition) is 0. The fourth-order valence-corrected chi connectivity index (χ4v) is 11.0. The Balaban J connectivity index is 1.17. The molecule has 10 aromatic carbocycles. The summed E-state index contributed by atoms with van der Waals surface area (Å²) in [7, 11) is 0. The second-order valence-electron chi connectivity index (χ2n) is 19.7. The van der Waals surface area contributed by atoms with E-state index >= 15 is 0 Å². The van der Waals surface area contributed by atoms with Crippen LogP contribution in [-0.4, -0.2) is 9.13 Å². The Hall–Kier alpha value is -8.92. The fraction of sp³-hybridized carbons (Fsp3) is 0.0896. The summed E-state index contributed by atoms with van der Waals surface area (Å²) in [5.74, 6) is 0. The van der Waals surface area contributed by atoms with Crippen molar-refractivity contribution in [2.24, 2.45) is 0 Å². The molecule has 0 unspecified atom stereocenters. The summed E-state index contributed by atoms with van der Waals surface area (Å²) in [6.45, 7) is 10.0. The molecule has 0 aliphatic heterocycles. The number of halogens is 3. The van der Waals surface area contributed by atoms with E-state index in [0.29, 0.717) is 33.6 Å². The minimum atomic E-state index is -4.60. The minimum Gasteiger partial charge on any atom is -0.309 e. The van der Waals surface area contributed by atoms with Gasteiger partial charge in [0.2, 0.25) is 0 Å². The number of aryl methyl sites for hydroxylation is 5. The standard InChI is InChI=1S/C67H48F3N3/c1-40-10-6-14-45(26-40)49-18-22-61-57(33-49)58-34-50(46-15-7-11-41(2)27-46)19-23-62(58)72(61)65-38-56(53-30-44(5)31-55(32-53)67(68,69)70)66(37-54(65)39-71)73-63-24-20-51(47-16-8-12-42(3)28-47)35-59(63)60-36-52(21-25-64(60)73)48-17-9-13-43(4)29-48/h6-38H,1-5H3. The maximum absolute atomic E-state index is 14.9. The zero-order chi connectivity index (χ0) is 50.3. The topological polar surface area (TPSA) is 33.6 Å². The first kappa shape index (κ1) is 45.2. The number of rotatable bonds is 7. The molecule has 0 N–H and O–H groups in total. The van der Waals surface area contributed by atoms with Gasteiger partial charge in [0.1, 0.15) is 6.07 Å². The van der Waals surface area contributed by atoms with Gasteiger partial charge in [-0.2, -0.15) is 18.4 Å². The molecule has 0 fully saturated rings. The molecule has 2 heterocycles. The number of fused-ring (bicyclic) bond motifs is 6. The monoisotopic (exact) mass is 951 g/mol. The highest BCUT2D eigenvalue weighted by molar-refractivity contribution is 6.14. The van der Waals surface area contributed by atoms with Crippen LogP contribution >= 0.6 is 0 Å². The number of nitrogens with zero attached hydrogens (tertiary/aromatic N) is 3. The van der Waals surface area contributed by atoms with E-state index in [-0.39, 0.29) is 0 Å². The largest absolute Gasteiger partial charge is 0.416 e. The van der Waals surface area contributed by atoms with Crippen LogP contribution in [0, 0.1) is 45.9 Å². The molecule has 0 aliphatic rings. The molecule has 0 spiro atoms. The summed E-state index contributed by atoms with van der Waals surface area (Å²) in [6, 6.07) is 70.1. The first-order valence-corrected chi connectivity index (χ1v) is 24.5. The SMILES string of the molecule is Cc1cccc(-c2ccc3c(c2)c2cc(-c4cccc(C)c4)ccc2n3-c2cc(-c3cc(C)cc(C(F)(F)F)c3)c(-n3c4ccc(-c5cccc(C)c5)cc4c4cc(-c5cccc(C)c5)ccc43)cc2C#N)c1. The maximum atomic E-state index is 14.9. The van der Waals surface area contributed by atoms with Gasteiger partial charge in [-0.05, 0) is 163 Å². The molecule has 6 heteroatoms. The lowest BCUT2D eigenvalue weighted by molar-refractivity contribution is -0.137. The van der Waals surface area contributed by atoms with Crippen molar-refractivity contribution in [3.05, 3.63) is 239 Å². The molecule has 0 aliphatic carbocycles. The van der Waals surface area contributed by atoms with Crippen molar-refractivity contribution in [1.29, 1.82) is 5.26 Å². The van der Waals surface area contributed by atoms with Gasteiger partial charge >= 0.3 is 6.18 Å². The molecule has 352 valence electrons. The van der Waals surface area contributed by atoms with Gasteiger partial charge in [0.05, 0.1) is 44.6 Å². The Morgan fingerprint density at radius 1 is 0.342 bits per heavy atom. The van der Waals surface area contributed by atoms with Crippen LogP contribution in [0.2, 0.25) is 0 Å². The molecule has 0 atom stereocenters. The van der Waals surface area contributed by atoms with Crippen LogP contribution in [0.25, 0.3) is 111 Å². The quantitative estimate of drug-likeness (QED) is 0.157. The van der Waals surface area contributed by atoms with Crippen LogP contribution in [0.5, 0.6) is 0 Å². The summed E-state index contributed by atoms with van der Waals surface area (Å²) >= 11 is 0. The highest BCUT2D eigenvalue weighted by Crippen LogP contribution is 2.45. The van der Waals surface area contributed by atoms with Gasteiger partial charge in [-0.3, -0.25) is 0 Å². The maximum Gasteiger partial charge on any atom is 0.416 e. The molecule has 12 aromatic rings. The lowest BCUT2D eigenvalue weighted by atomic mass is 9.95. The highest BCUT2D eigenvalue weighted by atomic mass is 19.4. The third-order valence-corrected chi connectivity index (χ3v) is 14.4. The highest BCUT2D eigenvalue weighted by Gasteiger charge is 2.32. The van der Waals surface area contributed by atoms with E-state index in [9.17, 15) is 18.4 Å². The lowest BCUT2D eigenvalue weighted by Gasteiger charge is -2.20. The van der Waals surface area contributed by atoms with E-state index in [1.807, 2.05) is 18.2 Å². The van der Waals surface area contributed by atoms with Crippen molar-refractivity contribution in [2.75, 3.05) is 0 Å². The Morgan fingerprint density at radius 2 is 0.685 bits per heavy atom. The van der Waals surface area contributed by atoms with Gasteiger partial charge in [0, 0.05) is 27.1 Å². The van der Waals surface area contributed by atoms with Crippen molar-refractivity contribution in [3.8, 4) is 73.1 Å². The zero-order valence-electron chi connectivity index (χ0n) is 41.0. The van der Waals surface area contributed by atoms with Crippen LogP contribution in [0.3, 0.4) is 0 Å². The van der Waals surface area contributed by atoms with Crippen LogP contribution in [-0.2, 0) is 6.18 Å². The fourth-order valence-electron chi connectivity index (χ4n) is 11.0. The molecular weight excluding hydrogens is 904 g/mol. The summed E-state index contributed by atoms with van der Waals surface area (Å²) in [4.78, 5) is 0. The molecular formula is C67H48F3N3. The van der Waals surface area contributed by atoms with Gasteiger partial charge in [0.25, 0.3) is 0 Å². The Bertz CT molecular complexity index is 4070. The van der Waals surface area contributed by atoms with Crippen LogP contribution in [0.4, 0.5) is 13.2 Å². The predicted molar refractivity (Wildman–Crippen MR) is 296 cm³/mol. The minimum absolute atomic E-state index is 0.370. The number of nitriles is 1. The molecule has 0 saturated carbocycles. The lowest BCUT2D eigenvalue weighted by Crippen LogP contribution is -2.07. The summed E-state index contributed by atoms with van der Waals surface area (Å²) in [5, 5.41) is 15.4. The molecule has 0 amide bonds. The van der Waals surface area contributed by atoms with Crippen LogP contribution < -0.4 is 0 Å². The summed E-state index contributed by atoms with van der Waals surface area (Å²) in [5.41, 5.74) is 18.8. The summed E-state index contributed by atoms with van der Waals surface area (Å²) in [6.07, 6.45) is -4.60. The molecule has 73 heavy (non-hydrogen) atoms. The van der Waals surface area contributed by atoms with Gasteiger partial charge < -0.3 is 9.13 Å². The van der Waals surface area contributed by atoms with E-state index in [1.54, 1.807) is 6.92 Å². The van der Waals surface area contributed by atoms with Crippen LogP contribution in [0.15, 0.2) is 200 Å². The van der Waals surface area contributed by atoms with Crippen molar-refractivity contribution < 1.29 is 13.2 Å². The van der Waals surface area contributed by atoms with Gasteiger partial charge in [-0.15, -0.1) is 0 Å². The van der Waals surface area contributed by atoms with E-state index in [0.717, 1.165) is 110 Å². The zero-order valence-corrected chi connectivity index (χ0v) is 41.0. The Labute approximate surface area is 422 Å². The van der Waals surface area contributed by atoms with Gasteiger partial charge in [-0.25, -0.2) is 0 Å². The van der Waals surface area contributed by atoms with Crippen LogP contribution in [0.1, 0.15) is 38.9 Å². The van der Waals surface area contributed by atoms with Crippen molar-refractivity contribution >= 4 is 43.6 Å².